The van der Waals surface area contributed by atoms with Crippen molar-refractivity contribution in [1.29, 1.82) is 0 Å². The van der Waals surface area contributed by atoms with E-state index >= 15 is 0 Å². The quantitative estimate of drug-likeness (QED) is 0.776. The molecule has 0 aliphatic heterocycles. The zero-order valence-electron chi connectivity index (χ0n) is 14.1. The Kier molecular flexibility index (Phi) is 5.91. The van der Waals surface area contributed by atoms with Gasteiger partial charge in [0.15, 0.2) is 0 Å². The SMILES string of the molecule is CC1(C)CC(=O)CC(=NNC(=O)CNC(=O)C2CCCCC2)C1. The highest BCUT2D eigenvalue weighted by Gasteiger charge is 2.30. The summed E-state index contributed by atoms with van der Waals surface area (Å²) in [6.07, 6.45) is 6.74. The van der Waals surface area contributed by atoms with Gasteiger partial charge in [-0.1, -0.05) is 33.1 Å². The van der Waals surface area contributed by atoms with Gasteiger partial charge in [0.25, 0.3) is 5.91 Å². The first-order valence-corrected chi connectivity index (χ1v) is 8.49. The van der Waals surface area contributed by atoms with Crippen molar-refractivity contribution in [3.05, 3.63) is 0 Å². The Morgan fingerprint density at radius 3 is 2.52 bits per heavy atom. The average Bonchev–Trinajstić information content (AvgIpc) is 2.49. The molecule has 0 unspecified atom stereocenters. The van der Waals surface area contributed by atoms with Crippen molar-refractivity contribution >= 4 is 23.3 Å². The molecule has 2 saturated carbocycles. The van der Waals surface area contributed by atoms with Crippen molar-refractivity contribution < 1.29 is 14.4 Å². The predicted octanol–water partition coefficient (Wildman–Crippen LogP) is 1.93. The zero-order valence-corrected chi connectivity index (χ0v) is 14.1. The Hall–Kier alpha value is -1.72. The maximum absolute atomic E-state index is 12.0. The normalized spacial score (nSPS) is 23.6. The number of ketones is 1. The minimum Gasteiger partial charge on any atom is -0.347 e. The molecule has 2 fully saturated rings. The van der Waals surface area contributed by atoms with E-state index in [1.54, 1.807) is 0 Å². The molecule has 0 radical (unpaired) electrons. The molecule has 0 aromatic heterocycles. The van der Waals surface area contributed by atoms with E-state index in [2.05, 4.69) is 15.8 Å². The molecule has 0 saturated heterocycles. The lowest BCUT2D eigenvalue weighted by Gasteiger charge is -2.29. The first-order chi connectivity index (χ1) is 10.9. The zero-order chi connectivity index (χ0) is 16.9. The van der Waals surface area contributed by atoms with Crippen LogP contribution in [-0.2, 0) is 14.4 Å². The second-order valence-corrected chi connectivity index (χ2v) is 7.50. The molecular weight excluding hydrogens is 294 g/mol. The Balaban J connectivity index is 1.75. The minimum absolute atomic E-state index is 0.0403. The Bertz CT molecular complexity index is 505. The van der Waals surface area contributed by atoms with E-state index in [9.17, 15) is 14.4 Å². The number of nitrogens with one attached hydrogen (secondary N) is 2. The van der Waals surface area contributed by atoms with Crippen LogP contribution in [-0.4, -0.2) is 29.9 Å². The maximum atomic E-state index is 12.0. The summed E-state index contributed by atoms with van der Waals surface area (Å²) in [5.74, 6) is -0.196. The smallest absolute Gasteiger partial charge is 0.259 e. The molecule has 0 aromatic carbocycles. The van der Waals surface area contributed by atoms with Gasteiger partial charge in [-0.2, -0.15) is 5.10 Å². The van der Waals surface area contributed by atoms with Crippen LogP contribution in [0.4, 0.5) is 0 Å². The van der Waals surface area contributed by atoms with Crippen LogP contribution in [0.2, 0.25) is 0 Å². The van der Waals surface area contributed by atoms with Gasteiger partial charge in [-0.25, -0.2) is 5.43 Å². The van der Waals surface area contributed by atoms with Crippen molar-refractivity contribution in [3.8, 4) is 0 Å². The molecule has 6 heteroatoms. The highest BCUT2D eigenvalue weighted by atomic mass is 16.2. The standard InChI is InChI=1S/C17H27N3O3/c1-17(2)9-13(8-14(21)10-17)19-20-15(22)11-18-16(23)12-6-4-3-5-7-12/h12H,3-11H2,1-2H3,(H,18,23)(H,20,22). The predicted molar refractivity (Wildman–Crippen MR) is 87.8 cm³/mol. The number of nitrogens with zero attached hydrogens (tertiary/aromatic N) is 1. The van der Waals surface area contributed by atoms with E-state index in [1.807, 2.05) is 13.8 Å². The van der Waals surface area contributed by atoms with Crippen molar-refractivity contribution in [2.45, 2.75) is 65.2 Å². The molecule has 0 heterocycles. The van der Waals surface area contributed by atoms with Crippen LogP contribution in [0.3, 0.4) is 0 Å². The molecule has 23 heavy (non-hydrogen) atoms. The number of carbonyl (C=O) groups is 3. The highest BCUT2D eigenvalue weighted by Crippen LogP contribution is 2.31. The van der Waals surface area contributed by atoms with E-state index < -0.39 is 0 Å². The van der Waals surface area contributed by atoms with E-state index in [1.165, 1.54) is 6.42 Å². The average molecular weight is 321 g/mol. The summed E-state index contributed by atoms with van der Waals surface area (Å²) >= 11 is 0. The Morgan fingerprint density at radius 2 is 1.87 bits per heavy atom. The van der Waals surface area contributed by atoms with Gasteiger partial charge in [-0.05, 0) is 24.7 Å². The lowest BCUT2D eigenvalue weighted by molar-refractivity contribution is -0.129. The number of hydrazone groups is 1. The first kappa shape index (κ1) is 17.6. The van der Waals surface area contributed by atoms with Gasteiger partial charge in [0.1, 0.15) is 5.78 Å². The molecule has 2 aliphatic rings. The lowest BCUT2D eigenvalue weighted by atomic mass is 9.76. The van der Waals surface area contributed by atoms with E-state index in [-0.39, 0.29) is 35.5 Å². The molecular formula is C17H27N3O3. The number of amides is 2. The molecule has 6 nitrogen and oxygen atoms in total. The molecule has 128 valence electrons. The summed E-state index contributed by atoms with van der Waals surface area (Å²) in [5.41, 5.74) is 3.05. The highest BCUT2D eigenvalue weighted by molar-refractivity contribution is 6.05. The van der Waals surface area contributed by atoms with Crippen LogP contribution in [0.15, 0.2) is 5.10 Å². The van der Waals surface area contributed by atoms with Crippen molar-refractivity contribution in [1.82, 2.24) is 10.7 Å². The van der Waals surface area contributed by atoms with Crippen molar-refractivity contribution in [2.75, 3.05) is 6.54 Å². The van der Waals surface area contributed by atoms with Crippen molar-refractivity contribution in [3.63, 3.8) is 0 Å². The summed E-state index contributed by atoms with van der Waals surface area (Å²) in [5, 5.41) is 6.74. The largest absolute Gasteiger partial charge is 0.347 e. The van der Waals surface area contributed by atoms with Gasteiger partial charge < -0.3 is 5.32 Å². The number of Topliss-reactive ketones (excluding diaryl/α,β-unsaturated/α-hetero) is 1. The Morgan fingerprint density at radius 1 is 1.17 bits per heavy atom. The number of rotatable bonds is 4. The molecule has 2 aliphatic carbocycles. The van der Waals surface area contributed by atoms with Gasteiger partial charge in [-0.15, -0.1) is 0 Å². The van der Waals surface area contributed by atoms with Gasteiger partial charge in [0.2, 0.25) is 5.91 Å². The lowest BCUT2D eigenvalue weighted by Crippen LogP contribution is -2.39. The number of carbonyl (C=O) groups excluding carboxylic acids is 3. The monoisotopic (exact) mass is 321 g/mol. The molecule has 0 bridgehead atoms. The molecule has 0 aromatic rings. The fourth-order valence-electron chi connectivity index (χ4n) is 3.44. The number of hydrogen-bond donors (Lipinski definition) is 2. The third-order valence-corrected chi connectivity index (χ3v) is 4.50. The van der Waals surface area contributed by atoms with E-state index in [0.717, 1.165) is 25.7 Å². The van der Waals surface area contributed by atoms with Crippen LogP contribution in [0, 0.1) is 11.3 Å². The van der Waals surface area contributed by atoms with Gasteiger partial charge in [-0.3, -0.25) is 14.4 Å². The molecule has 0 spiro atoms. The Labute approximate surface area is 137 Å². The van der Waals surface area contributed by atoms with Gasteiger partial charge in [0, 0.05) is 24.5 Å². The third-order valence-electron chi connectivity index (χ3n) is 4.50. The second kappa shape index (κ2) is 7.70. The van der Waals surface area contributed by atoms with E-state index in [0.29, 0.717) is 25.0 Å². The van der Waals surface area contributed by atoms with Gasteiger partial charge in [0.05, 0.1) is 6.54 Å². The third kappa shape index (κ3) is 5.77. The first-order valence-electron chi connectivity index (χ1n) is 8.49. The summed E-state index contributed by atoms with van der Waals surface area (Å²) < 4.78 is 0. The fourth-order valence-corrected chi connectivity index (χ4v) is 3.44. The van der Waals surface area contributed by atoms with Crippen LogP contribution in [0.5, 0.6) is 0 Å². The summed E-state index contributed by atoms with van der Waals surface area (Å²) in [6.45, 7) is 3.97. The van der Waals surface area contributed by atoms with E-state index in [4.69, 9.17) is 0 Å². The summed E-state index contributed by atoms with van der Waals surface area (Å²) in [6, 6.07) is 0. The molecule has 0 atom stereocenters. The van der Waals surface area contributed by atoms with Crippen LogP contribution in [0.25, 0.3) is 0 Å². The molecule has 2 rings (SSSR count). The van der Waals surface area contributed by atoms with Crippen LogP contribution in [0.1, 0.15) is 65.2 Å². The van der Waals surface area contributed by atoms with Crippen LogP contribution < -0.4 is 10.7 Å². The minimum atomic E-state index is -0.350. The van der Waals surface area contributed by atoms with Crippen molar-refractivity contribution in [2.24, 2.45) is 16.4 Å². The summed E-state index contributed by atoms with van der Waals surface area (Å²) in [7, 11) is 0. The van der Waals surface area contributed by atoms with Crippen LogP contribution >= 0.6 is 0 Å². The number of hydrogen-bond acceptors (Lipinski definition) is 4. The van der Waals surface area contributed by atoms with Gasteiger partial charge >= 0.3 is 0 Å². The topological polar surface area (TPSA) is 87.6 Å². The summed E-state index contributed by atoms with van der Waals surface area (Å²) in [4.78, 5) is 35.4. The second-order valence-electron chi connectivity index (χ2n) is 7.50. The molecule has 2 N–H and O–H groups in total. The molecule has 2 amide bonds. The maximum Gasteiger partial charge on any atom is 0.259 e. The fraction of sp³-hybridized carbons (Fsp3) is 0.765.